The first-order chi connectivity index (χ1) is 23.6. The first-order valence-electron chi connectivity index (χ1n) is 18.3. The topological polar surface area (TPSA) is 41.7 Å². The quantitative estimate of drug-likeness (QED) is 0.224. The summed E-state index contributed by atoms with van der Waals surface area (Å²) in [6, 6.07) is 26.3. The fourth-order valence-electron chi connectivity index (χ4n) is 8.15. The average molecular weight is 654 g/mol. The second kappa shape index (κ2) is 14.3. The fourth-order valence-corrected chi connectivity index (χ4v) is 8.15. The molecule has 1 unspecified atom stereocenters. The van der Waals surface area contributed by atoms with Crippen LogP contribution in [-0.4, -0.2) is 25.7 Å². The molecule has 0 fully saturated rings. The molecule has 0 aromatic heterocycles. The molecule has 49 heavy (non-hydrogen) atoms. The van der Waals surface area contributed by atoms with E-state index < -0.39 is 0 Å². The third kappa shape index (κ3) is 6.56. The van der Waals surface area contributed by atoms with Gasteiger partial charge in [-0.25, -0.2) is 0 Å². The highest BCUT2D eigenvalue weighted by atomic mass is 16.5. The number of nitrogens with two attached hydrogens (primary N) is 1. The highest BCUT2D eigenvalue weighted by Crippen LogP contribution is 2.48. The van der Waals surface area contributed by atoms with Gasteiger partial charge in [0.2, 0.25) is 0 Å². The van der Waals surface area contributed by atoms with E-state index in [0.29, 0.717) is 6.54 Å². The van der Waals surface area contributed by atoms with Crippen molar-refractivity contribution in [2.24, 2.45) is 5.73 Å². The number of benzene rings is 3. The molecule has 0 bridgehead atoms. The molecular weight excluding hydrogens is 599 g/mol. The molecule has 0 radical (unpaired) electrons. The summed E-state index contributed by atoms with van der Waals surface area (Å²) in [5.74, 6) is 1.81. The van der Waals surface area contributed by atoms with Crippen LogP contribution in [0.5, 0.6) is 5.75 Å². The Morgan fingerprint density at radius 2 is 1.53 bits per heavy atom. The summed E-state index contributed by atoms with van der Waals surface area (Å²) in [5.41, 5.74) is 17.1. The Morgan fingerprint density at radius 3 is 2.22 bits per heavy atom. The molecule has 3 aliphatic rings. The van der Waals surface area contributed by atoms with E-state index in [2.05, 4.69) is 155 Å². The molecule has 6 rings (SSSR count). The minimum atomic E-state index is -0.0853. The number of fused-ring (bicyclic) bond motifs is 2. The number of para-hydroxylation sites is 2. The summed E-state index contributed by atoms with van der Waals surface area (Å²) in [5, 5.41) is 0. The Labute approximate surface area is 295 Å². The number of nitrogens with zero attached hydrogens (tertiary/aromatic N) is 2. The second-order valence-corrected chi connectivity index (χ2v) is 14.9. The lowest BCUT2D eigenvalue weighted by atomic mass is 9.80. The number of hydrogen-bond acceptors (Lipinski definition) is 4. The Kier molecular flexibility index (Phi) is 10.1. The highest BCUT2D eigenvalue weighted by molar-refractivity contribution is 5.71. The first kappa shape index (κ1) is 34.6. The van der Waals surface area contributed by atoms with Gasteiger partial charge < -0.3 is 20.3 Å². The molecule has 4 nitrogen and oxygen atoms in total. The van der Waals surface area contributed by atoms with Crippen molar-refractivity contribution in [1.82, 2.24) is 0 Å². The molecule has 256 valence electrons. The molecule has 0 saturated carbocycles. The molecule has 1 aliphatic carbocycles. The smallest absolute Gasteiger partial charge is 0.133 e. The van der Waals surface area contributed by atoms with E-state index in [0.717, 1.165) is 67.8 Å². The molecule has 4 heteroatoms. The molecule has 2 aliphatic heterocycles. The third-order valence-electron chi connectivity index (χ3n) is 10.8. The van der Waals surface area contributed by atoms with E-state index in [1.165, 1.54) is 39.3 Å². The predicted octanol–water partition coefficient (Wildman–Crippen LogP) is 10.6. The van der Waals surface area contributed by atoms with Gasteiger partial charge in [-0.05, 0) is 95.9 Å². The Balaban J connectivity index is 1.42. The van der Waals surface area contributed by atoms with Crippen LogP contribution >= 0.6 is 0 Å². The highest BCUT2D eigenvalue weighted by Gasteiger charge is 2.43. The van der Waals surface area contributed by atoms with Crippen LogP contribution in [0, 0.1) is 0 Å². The van der Waals surface area contributed by atoms with Gasteiger partial charge in [0, 0.05) is 47.5 Å². The fraction of sp³-hybridized carbons (Fsp3) is 0.378. The molecule has 0 amide bonds. The summed E-state index contributed by atoms with van der Waals surface area (Å²) in [7, 11) is 0. The number of rotatable bonds is 11. The van der Waals surface area contributed by atoms with Gasteiger partial charge in [0.1, 0.15) is 11.5 Å². The van der Waals surface area contributed by atoms with Crippen LogP contribution in [0.25, 0.3) is 5.57 Å². The third-order valence-corrected chi connectivity index (χ3v) is 10.8. The van der Waals surface area contributed by atoms with Gasteiger partial charge in [-0.3, -0.25) is 0 Å². The van der Waals surface area contributed by atoms with Gasteiger partial charge in [0.25, 0.3) is 0 Å². The van der Waals surface area contributed by atoms with E-state index in [1.807, 2.05) is 0 Å². The molecule has 2 N–H and O–H groups in total. The van der Waals surface area contributed by atoms with E-state index in [4.69, 9.17) is 10.5 Å². The number of ether oxygens (including phenoxy) is 1. The maximum atomic E-state index is 6.90. The van der Waals surface area contributed by atoms with Gasteiger partial charge in [-0.2, -0.15) is 0 Å². The molecule has 3 aromatic carbocycles. The average Bonchev–Trinajstić information content (AvgIpc) is 3.45. The molecular formula is C45H55N3O. The van der Waals surface area contributed by atoms with Crippen molar-refractivity contribution in [3.63, 3.8) is 0 Å². The van der Waals surface area contributed by atoms with Crippen molar-refractivity contribution in [2.75, 3.05) is 29.4 Å². The minimum Gasteiger partial charge on any atom is -0.457 e. The maximum absolute atomic E-state index is 6.90. The van der Waals surface area contributed by atoms with Gasteiger partial charge in [-0.1, -0.05) is 115 Å². The Bertz CT molecular complexity index is 1800. The predicted molar refractivity (Wildman–Crippen MR) is 209 cm³/mol. The largest absolute Gasteiger partial charge is 0.457 e. The van der Waals surface area contributed by atoms with Gasteiger partial charge in [0.15, 0.2) is 0 Å². The SMILES string of the molecule is C=C(CN)c1ccc(OC2=C(C=CC3N(CCC)c4ccccc4C3(C)C)CCCC2=CC=C2N(CCC)c3ccccc3C2(C)C)cc1. The van der Waals surface area contributed by atoms with Crippen LogP contribution < -0.4 is 20.3 Å². The van der Waals surface area contributed by atoms with Crippen LogP contribution in [0.4, 0.5) is 11.4 Å². The van der Waals surface area contributed by atoms with E-state index in [9.17, 15) is 0 Å². The van der Waals surface area contributed by atoms with Crippen molar-refractivity contribution in [2.45, 2.75) is 90.5 Å². The normalized spacial score (nSPS) is 21.2. The lowest BCUT2D eigenvalue weighted by Gasteiger charge is -2.32. The van der Waals surface area contributed by atoms with E-state index >= 15 is 0 Å². The second-order valence-electron chi connectivity index (χ2n) is 14.9. The summed E-state index contributed by atoms with van der Waals surface area (Å²) in [6.07, 6.45) is 14.8. The lowest BCUT2D eigenvalue weighted by Crippen LogP contribution is -2.40. The number of allylic oxidation sites excluding steroid dienone is 6. The number of hydrogen-bond donors (Lipinski definition) is 1. The minimum absolute atomic E-state index is 0.00534. The zero-order valence-corrected chi connectivity index (χ0v) is 30.6. The molecule has 0 spiro atoms. The summed E-state index contributed by atoms with van der Waals surface area (Å²) < 4.78 is 6.90. The van der Waals surface area contributed by atoms with Crippen LogP contribution in [0.2, 0.25) is 0 Å². The van der Waals surface area contributed by atoms with Gasteiger partial charge in [0.05, 0.1) is 6.04 Å². The molecule has 1 atom stereocenters. The number of anilines is 2. The summed E-state index contributed by atoms with van der Waals surface area (Å²) in [4.78, 5) is 5.12. The Hall–Kier alpha value is -4.28. The van der Waals surface area contributed by atoms with Crippen LogP contribution in [0.1, 0.15) is 90.3 Å². The summed E-state index contributed by atoms with van der Waals surface area (Å²) in [6.45, 7) is 20.6. The summed E-state index contributed by atoms with van der Waals surface area (Å²) >= 11 is 0. The van der Waals surface area contributed by atoms with Crippen molar-refractivity contribution < 1.29 is 4.74 Å². The van der Waals surface area contributed by atoms with Crippen molar-refractivity contribution in [1.29, 1.82) is 0 Å². The van der Waals surface area contributed by atoms with Crippen LogP contribution in [-0.2, 0) is 10.8 Å². The van der Waals surface area contributed by atoms with Crippen molar-refractivity contribution in [3.05, 3.63) is 143 Å². The van der Waals surface area contributed by atoms with Crippen molar-refractivity contribution >= 4 is 16.9 Å². The van der Waals surface area contributed by atoms with Gasteiger partial charge in [-0.15, -0.1) is 0 Å². The zero-order valence-electron chi connectivity index (χ0n) is 30.6. The van der Waals surface area contributed by atoms with E-state index in [-0.39, 0.29) is 16.9 Å². The first-order valence-corrected chi connectivity index (χ1v) is 18.3. The van der Waals surface area contributed by atoms with E-state index in [1.54, 1.807) is 0 Å². The Morgan fingerprint density at radius 1 is 0.857 bits per heavy atom. The lowest BCUT2D eigenvalue weighted by molar-refractivity contribution is 0.415. The van der Waals surface area contributed by atoms with Gasteiger partial charge >= 0.3 is 0 Å². The maximum Gasteiger partial charge on any atom is 0.133 e. The van der Waals surface area contributed by atoms with Crippen molar-refractivity contribution in [3.8, 4) is 5.75 Å². The molecule has 2 heterocycles. The van der Waals surface area contributed by atoms with Crippen LogP contribution in [0.3, 0.4) is 0 Å². The molecule has 3 aromatic rings. The standard InChI is InChI=1S/C45H55N3O/c1-8-29-47-39-19-12-10-17-37(39)44(4,5)41(47)27-23-34-15-14-16-35(43(34)49-36-25-21-33(22-26-36)32(3)31-46)24-28-42-45(6,7)38-18-11-13-20-40(38)48(42)30-9-2/h10-13,17-28,41H,3,8-9,14-16,29-31,46H2,1-2,4-7H3. The molecule has 0 saturated heterocycles. The van der Waals surface area contributed by atoms with Crippen LogP contribution in [0.15, 0.2) is 126 Å². The monoisotopic (exact) mass is 653 g/mol. The zero-order chi connectivity index (χ0) is 34.8.